The highest BCUT2D eigenvalue weighted by atomic mass is 17.4. The van der Waals surface area contributed by atoms with Gasteiger partial charge >= 0.3 is 0 Å². The lowest BCUT2D eigenvalue weighted by atomic mass is 10.1. The standard InChI is InChI=1S/C12H10.H2O3/c1-3-7-11(8-4-1)12-9-5-2-6-10-12;1-3-2/h1-10H;1-2H. The maximum atomic E-state index is 6.62. The highest BCUT2D eigenvalue weighted by molar-refractivity contribution is 5.62. The van der Waals surface area contributed by atoms with Crippen LogP contribution >= 0.6 is 0 Å². The van der Waals surface area contributed by atoms with E-state index in [0.29, 0.717) is 0 Å². The van der Waals surface area contributed by atoms with Gasteiger partial charge in [0.1, 0.15) is 0 Å². The summed E-state index contributed by atoms with van der Waals surface area (Å²) < 4.78 is 0. The molecule has 2 aromatic rings. The van der Waals surface area contributed by atoms with E-state index in [1.165, 1.54) is 11.1 Å². The Morgan fingerprint density at radius 2 is 0.867 bits per heavy atom. The van der Waals surface area contributed by atoms with Crippen LogP contribution in [0.3, 0.4) is 0 Å². The van der Waals surface area contributed by atoms with Crippen molar-refractivity contribution in [1.82, 2.24) is 0 Å². The lowest BCUT2D eigenvalue weighted by molar-refractivity contribution is -0.465. The first kappa shape index (κ1) is 11.4. The Morgan fingerprint density at radius 3 is 1.13 bits per heavy atom. The molecule has 0 radical (unpaired) electrons. The second kappa shape index (κ2) is 6.73. The van der Waals surface area contributed by atoms with Gasteiger partial charge in [-0.25, -0.2) is 10.5 Å². The van der Waals surface area contributed by atoms with Gasteiger partial charge in [0.25, 0.3) is 0 Å². The van der Waals surface area contributed by atoms with E-state index < -0.39 is 0 Å². The van der Waals surface area contributed by atoms with Gasteiger partial charge in [0.2, 0.25) is 0 Å². The van der Waals surface area contributed by atoms with Gasteiger partial charge in [-0.3, -0.25) is 0 Å². The molecule has 0 fully saturated rings. The van der Waals surface area contributed by atoms with Crippen molar-refractivity contribution in [3.8, 4) is 11.1 Å². The molecule has 15 heavy (non-hydrogen) atoms. The molecule has 3 nitrogen and oxygen atoms in total. The van der Waals surface area contributed by atoms with E-state index in [2.05, 4.69) is 53.6 Å². The maximum Gasteiger partial charge on any atom is -0.0184 e. The molecular weight excluding hydrogens is 192 g/mol. The summed E-state index contributed by atoms with van der Waals surface area (Å²) in [5.74, 6) is 0. The van der Waals surface area contributed by atoms with E-state index in [1.54, 1.807) is 0 Å². The Morgan fingerprint density at radius 1 is 0.600 bits per heavy atom. The fraction of sp³-hybridized carbons (Fsp3) is 0. The predicted molar refractivity (Wildman–Crippen MR) is 58.2 cm³/mol. The van der Waals surface area contributed by atoms with Gasteiger partial charge in [0.15, 0.2) is 0 Å². The van der Waals surface area contributed by atoms with Gasteiger partial charge < -0.3 is 0 Å². The fourth-order valence-electron chi connectivity index (χ4n) is 1.26. The van der Waals surface area contributed by atoms with E-state index in [9.17, 15) is 0 Å². The Kier molecular flexibility index (Phi) is 5.11. The van der Waals surface area contributed by atoms with Crippen molar-refractivity contribution < 1.29 is 15.6 Å². The molecule has 0 amide bonds. The quantitative estimate of drug-likeness (QED) is 0.553. The first-order valence-corrected chi connectivity index (χ1v) is 4.44. The van der Waals surface area contributed by atoms with E-state index in [0.717, 1.165) is 0 Å². The third kappa shape index (κ3) is 3.91. The molecule has 0 saturated heterocycles. The zero-order valence-corrected chi connectivity index (χ0v) is 8.08. The third-order valence-corrected chi connectivity index (χ3v) is 1.88. The Labute approximate surface area is 88.1 Å². The largest absolute Gasteiger partial charge is 0.221 e. The van der Waals surface area contributed by atoms with Gasteiger partial charge in [0.05, 0.1) is 0 Å². The van der Waals surface area contributed by atoms with Crippen LogP contribution in [0.5, 0.6) is 0 Å². The summed E-state index contributed by atoms with van der Waals surface area (Å²) in [6, 6.07) is 20.8. The summed E-state index contributed by atoms with van der Waals surface area (Å²) >= 11 is 0. The van der Waals surface area contributed by atoms with Crippen LogP contribution in [0.1, 0.15) is 0 Å². The lowest BCUT2D eigenvalue weighted by Crippen LogP contribution is -1.73. The van der Waals surface area contributed by atoms with E-state index in [-0.39, 0.29) is 0 Å². The first-order valence-electron chi connectivity index (χ1n) is 4.44. The molecule has 2 aromatic carbocycles. The average Bonchev–Trinajstić information content (AvgIpc) is 2.32. The van der Waals surface area contributed by atoms with Crippen molar-refractivity contribution in [3.05, 3.63) is 60.7 Å². The second-order valence-electron chi connectivity index (χ2n) is 2.81. The van der Waals surface area contributed by atoms with E-state index >= 15 is 0 Å². The molecule has 2 rings (SSSR count). The van der Waals surface area contributed by atoms with Crippen LogP contribution in [0, 0.1) is 0 Å². The summed E-state index contributed by atoms with van der Waals surface area (Å²) in [6.07, 6.45) is 0. The molecule has 0 atom stereocenters. The summed E-state index contributed by atoms with van der Waals surface area (Å²) in [4.78, 5) is 0. The molecule has 0 aliphatic carbocycles. The van der Waals surface area contributed by atoms with Crippen LogP contribution in [0.4, 0.5) is 0 Å². The molecule has 0 aromatic heterocycles. The van der Waals surface area contributed by atoms with Crippen LogP contribution in [0.2, 0.25) is 0 Å². The molecular formula is C12H12O3. The third-order valence-electron chi connectivity index (χ3n) is 1.88. The highest BCUT2D eigenvalue weighted by Crippen LogP contribution is 2.17. The monoisotopic (exact) mass is 204 g/mol. The minimum atomic E-state index is 1.28. The van der Waals surface area contributed by atoms with Crippen LogP contribution < -0.4 is 0 Å². The molecule has 2 N–H and O–H groups in total. The molecule has 0 spiro atoms. The minimum absolute atomic E-state index is 1.28. The highest BCUT2D eigenvalue weighted by Gasteiger charge is 1.91. The van der Waals surface area contributed by atoms with E-state index in [1.807, 2.05) is 12.1 Å². The number of benzene rings is 2. The minimum Gasteiger partial charge on any atom is -0.221 e. The zero-order chi connectivity index (χ0) is 10.9. The van der Waals surface area contributed by atoms with Gasteiger partial charge in [-0.05, 0) is 11.1 Å². The molecule has 78 valence electrons. The maximum absolute atomic E-state index is 6.62. The summed E-state index contributed by atoms with van der Waals surface area (Å²) in [7, 11) is 0. The topological polar surface area (TPSA) is 49.7 Å². The molecule has 0 aliphatic heterocycles. The summed E-state index contributed by atoms with van der Waals surface area (Å²) in [6.45, 7) is 0. The van der Waals surface area contributed by atoms with E-state index in [4.69, 9.17) is 10.5 Å². The predicted octanol–water partition coefficient (Wildman–Crippen LogP) is 3.30. The van der Waals surface area contributed by atoms with Crippen molar-refractivity contribution in [2.75, 3.05) is 0 Å². The molecule has 0 heterocycles. The van der Waals surface area contributed by atoms with Crippen molar-refractivity contribution in [1.29, 1.82) is 0 Å². The van der Waals surface area contributed by atoms with Crippen molar-refractivity contribution in [2.24, 2.45) is 0 Å². The Hall–Kier alpha value is -1.68. The van der Waals surface area contributed by atoms with Crippen LogP contribution in [-0.2, 0) is 5.04 Å². The molecule has 3 heteroatoms. The van der Waals surface area contributed by atoms with Crippen molar-refractivity contribution >= 4 is 0 Å². The normalized spacial score (nSPS) is 8.93. The second-order valence-corrected chi connectivity index (χ2v) is 2.81. The SMILES string of the molecule is OOO.c1ccc(-c2ccccc2)cc1. The number of hydrogen-bond donors (Lipinski definition) is 2. The first-order chi connectivity index (χ1) is 7.38. The van der Waals surface area contributed by atoms with Gasteiger partial charge in [0, 0.05) is 0 Å². The molecule has 0 aliphatic rings. The van der Waals surface area contributed by atoms with Crippen molar-refractivity contribution in [2.45, 2.75) is 0 Å². The smallest absolute Gasteiger partial charge is 0.0184 e. The van der Waals surface area contributed by atoms with Gasteiger partial charge in [-0.2, -0.15) is 0 Å². The van der Waals surface area contributed by atoms with Gasteiger partial charge in [-0.1, -0.05) is 65.7 Å². The zero-order valence-electron chi connectivity index (χ0n) is 8.08. The van der Waals surface area contributed by atoms with Gasteiger partial charge in [-0.15, -0.1) is 0 Å². The fourth-order valence-corrected chi connectivity index (χ4v) is 1.26. The van der Waals surface area contributed by atoms with Crippen LogP contribution in [0.15, 0.2) is 60.7 Å². The summed E-state index contributed by atoms with van der Waals surface area (Å²) in [5, 5.41) is 15.5. The molecule has 0 saturated carbocycles. The summed E-state index contributed by atoms with van der Waals surface area (Å²) in [5.41, 5.74) is 2.55. The molecule has 0 bridgehead atoms. The molecule has 0 unspecified atom stereocenters. The van der Waals surface area contributed by atoms with Crippen LogP contribution in [0.25, 0.3) is 11.1 Å². The van der Waals surface area contributed by atoms with Crippen LogP contribution in [-0.4, -0.2) is 10.5 Å². The van der Waals surface area contributed by atoms with Crippen molar-refractivity contribution in [3.63, 3.8) is 0 Å². The Balaban J connectivity index is 0.000000337. The Bertz CT molecular complexity index is 322. The number of hydrogen-bond acceptors (Lipinski definition) is 3. The number of rotatable bonds is 1. The lowest BCUT2D eigenvalue weighted by Gasteiger charge is -1.98. The average molecular weight is 204 g/mol.